The predicted octanol–water partition coefficient (Wildman–Crippen LogP) is 4.66. The van der Waals surface area contributed by atoms with Gasteiger partial charge < -0.3 is 20.7 Å². The number of anilines is 3. The molecule has 3 aromatic rings. The van der Waals surface area contributed by atoms with Gasteiger partial charge in [-0.3, -0.25) is 9.59 Å². The Morgan fingerprint density at radius 2 is 1.43 bits per heavy atom. The van der Waals surface area contributed by atoms with Gasteiger partial charge in [0, 0.05) is 29.5 Å². The second-order valence-electron chi connectivity index (χ2n) is 6.68. The second kappa shape index (κ2) is 10.7. The maximum atomic E-state index is 12.2. The molecule has 3 aromatic carbocycles. The van der Waals surface area contributed by atoms with E-state index in [9.17, 15) is 9.59 Å². The average Bonchev–Trinajstić information content (AvgIpc) is 2.78. The first-order valence-electron chi connectivity index (χ1n) is 9.83. The lowest BCUT2D eigenvalue weighted by atomic mass is 10.2. The lowest BCUT2D eigenvalue weighted by Gasteiger charge is -2.11. The van der Waals surface area contributed by atoms with E-state index in [2.05, 4.69) is 16.0 Å². The molecule has 0 heterocycles. The van der Waals surface area contributed by atoms with Gasteiger partial charge in [-0.1, -0.05) is 43.3 Å². The lowest BCUT2D eigenvalue weighted by Crippen LogP contribution is -2.21. The highest BCUT2D eigenvalue weighted by Crippen LogP contribution is 2.19. The van der Waals surface area contributed by atoms with E-state index in [0.29, 0.717) is 24.4 Å². The number of hydrogen-bond acceptors (Lipinski definition) is 4. The Kier molecular flexibility index (Phi) is 7.44. The summed E-state index contributed by atoms with van der Waals surface area (Å²) >= 11 is 0. The molecule has 0 atom stereocenters. The summed E-state index contributed by atoms with van der Waals surface area (Å²) in [5.74, 6) is 0.510. The third-order valence-electron chi connectivity index (χ3n) is 4.31. The first-order valence-corrected chi connectivity index (χ1v) is 9.83. The van der Waals surface area contributed by atoms with Crippen LogP contribution in [0.2, 0.25) is 0 Å². The Morgan fingerprint density at radius 1 is 0.767 bits per heavy atom. The summed E-state index contributed by atoms with van der Waals surface area (Å²) < 4.78 is 5.81. The Morgan fingerprint density at radius 3 is 2.10 bits per heavy atom. The Labute approximate surface area is 176 Å². The van der Waals surface area contributed by atoms with Gasteiger partial charge in [-0.25, -0.2) is 0 Å². The molecule has 0 aliphatic carbocycles. The van der Waals surface area contributed by atoms with Crippen LogP contribution in [0.5, 0.6) is 5.75 Å². The minimum atomic E-state index is -0.170. The van der Waals surface area contributed by atoms with Crippen molar-refractivity contribution in [3.8, 4) is 5.75 Å². The minimum absolute atomic E-state index is 0.0500. The molecule has 0 fully saturated rings. The largest absolute Gasteiger partial charge is 0.489 e. The Balaban J connectivity index is 1.47. The molecule has 0 bridgehead atoms. The van der Waals surface area contributed by atoms with Crippen molar-refractivity contribution in [3.63, 3.8) is 0 Å². The summed E-state index contributed by atoms with van der Waals surface area (Å²) in [4.78, 5) is 23.6. The molecule has 30 heavy (non-hydrogen) atoms. The highest BCUT2D eigenvalue weighted by atomic mass is 16.5. The molecule has 154 valence electrons. The summed E-state index contributed by atoms with van der Waals surface area (Å²) in [6.07, 6.45) is 0.419. The van der Waals surface area contributed by atoms with E-state index in [1.54, 1.807) is 31.2 Å². The molecule has 2 amide bonds. The van der Waals surface area contributed by atoms with E-state index in [0.717, 1.165) is 17.0 Å². The summed E-state index contributed by atoms with van der Waals surface area (Å²) in [6.45, 7) is 2.40. The zero-order chi connectivity index (χ0) is 21.2. The van der Waals surface area contributed by atoms with Crippen LogP contribution in [0.15, 0.2) is 78.9 Å². The minimum Gasteiger partial charge on any atom is -0.489 e. The van der Waals surface area contributed by atoms with Crippen molar-refractivity contribution in [2.45, 2.75) is 20.0 Å². The molecule has 0 spiro atoms. The van der Waals surface area contributed by atoms with Crippen molar-refractivity contribution < 1.29 is 14.3 Å². The molecule has 6 heteroatoms. The molecule has 0 aliphatic rings. The average molecular weight is 403 g/mol. The molecule has 6 nitrogen and oxygen atoms in total. The van der Waals surface area contributed by atoms with Crippen molar-refractivity contribution in [2.24, 2.45) is 0 Å². The lowest BCUT2D eigenvalue weighted by molar-refractivity contribution is -0.116. The highest BCUT2D eigenvalue weighted by Gasteiger charge is 2.05. The van der Waals surface area contributed by atoms with Crippen LogP contribution in [0.25, 0.3) is 0 Å². The molecule has 0 saturated heterocycles. The number of carbonyl (C=O) groups excluding carboxylic acids is 2. The number of hydrogen-bond donors (Lipinski definition) is 3. The topological polar surface area (TPSA) is 79.5 Å². The maximum absolute atomic E-state index is 12.2. The van der Waals surface area contributed by atoms with Crippen LogP contribution in [0, 0.1) is 0 Å². The fraction of sp³-hybridized carbons (Fsp3) is 0.167. The molecule has 3 N–H and O–H groups in total. The standard InChI is InChI=1S/C24H25N3O3/c1-2-23(28)26-19-11-13-20(14-12-19)27-24(29)16-25-21-9-6-10-22(15-21)30-17-18-7-4-3-5-8-18/h3-15,25H,2,16-17H2,1H3,(H,26,28)(H,27,29). The number of rotatable bonds is 9. The van der Waals surface area contributed by atoms with E-state index >= 15 is 0 Å². The smallest absolute Gasteiger partial charge is 0.243 e. The molecule has 3 rings (SSSR count). The van der Waals surface area contributed by atoms with Crippen molar-refractivity contribution in [1.82, 2.24) is 0 Å². The first kappa shape index (κ1) is 20.9. The summed E-state index contributed by atoms with van der Waals surface area (Å²) in [7, 11) is 0. The molecule has 0 aromatic heterocycles. The van der Waals surface area contributed by atoms with Gasteiger partial charge in [0.05, 0.1) is 6.54 Å². The third-order valence-corrected chi connectivity index (χ3v) is 4.31. The van der Waals surface area contributed by atoms with E-state index in [-0.39, 0.29) is 18.4 Å². The van der Waals surface area contributed by atoms with Gasteiger partial charge in [-0.15, -0.1) is 0 Å². The second-order valence-corrected chi connectivity index (χ2v) is 6.68. The number of ether oxygens (including phenoxy) is 1. The monoisotopic (exact) mass is 403 g/mol. The number of carbonyl (C=O) groups is 2. The number of benzene rings is 3. The van der Waals surface area contributed by atoms with E-state index in [1.807, 2.05) is 54.6 Å². The van der Waals surface area contributed by atoms with Crippen molar-refractivity contribution in [2.75, 3.05) is 22.5 Å². The molecule has 0 aliphatic heterocycles. The zero-order valence-electron chi connectivity index (χ0n) is 16.9. The highest BCUT2D eigenvalue weighted by molar-refractivity contribution is 5.94. The molecule has 0 radical (unpaired) electrons. The van der Waals surface area contributed by atoms with Gasteiger partial charge >= 0.3 is 0 Å². The van der Waals surface area contributed by atoms with Gasteiger partial charge in [-0.2, -0.15) is 0 Å². The van der Waals surface area contributed by atoms with Gasteiger partial charge in [0.25, 0.3) is 0 Å². The van der Waals surface area contributed by atoms with Crippen LogP contribution < -0.4 is 20.7 Å². The third kappa shape index (κ3) is 6.67. The van der Waals surface area contributed by atoms with Crippen molar-refractivity contribution in [3.05, 3.63) is 84.4 Å². The predicted molar refractivity (Wildman–Crippen MR) is 120 cm³/mol. The van der Waals surface area contributed by atoms with Crippen LogP contribution in [-0.4, -0.2) is 18.4 Å². The summed E-state index contributed by atoms with van der Waals surface area (Å²) in [5, 5.41) is 8.69. The van der Waals surface area contributed by atoms with Crippen LogP contribution in [0.3, 0.4) is 0 Å². The SMILES string of the molecule is CCC(=O)Nc1ccc(NC(=O)CNc2cccc(OCc3ccccc3)c2)cc1. The van der Waals surface area contributed by atoms with E-state index in [1.165, 1.54) is 0 Å². The van der Waals surface area contributed by atoms with Gasteiger partial charge in [-0.05, 0) is 42.0 Å². The first-order chi connectivity index (χ1) is 14.6. The quantitative estimate of drug-likeness (QED) is 0.485. The summed E-state index contributed by atoms with van der Waals surface area (Å²) in [5.41, 5.74) is 3.25. The van der Waals surface area contributed by atoms with Crippen LogP contribution >= 0.6 is 0 Å². The number of nitrogens with one attached hydrogen (secondary N) is 3. The maximum Gasteiger partial charge on any atom is 0.243 e. The van der Waals surface area contributed by atoms with E-state index in [4.69, 9.17) is 4.74 Å². The van der Waals surface area contributed by atoms with Gasteiger partial charge in [0.1, 0.15) is 12.4 Å². The van der Waals surface area contributed by atoms with Gasteiger partial charge in [0.15, 0.2) is 0 Å². The Bertz CT molecular complexity index is 973. The number of amides is 2. The zero-order valence-corrected chi connectivity index (χ0v) is 16.9. The summed E-state index contributed by atoms with van der Waals surface area (Å²) in [6, 6.07) is 24.5. The van der Waals surface area contributed by atoms with Crippen molar-refractivity contribution >= 4 is 28.9 Å². The van der Waals surface area contributed by atoms with E-state index < -0.39 is 0 Å². The molecule has 0 unspecified atom stereocenters. The van der Waals surface area contributed by atoms with Crippen LogP contribution in [0.1, 0.15) is 18.9 Å². The van der Waals surface area contributed by atoms with Crippen molar-refractivity contribution in [1.29, 1.82) is 0 Å². The molecular formula is C24H25N3O3. The fourth-order valence-corrected chi connectivity index (χ4v) is 2.71. The normalized spacial score (nSPS) is 10.2. The fourth-order valence-electron chi connectivity index (χ4n) is 2.71. The molecule has 0 saturated carbocycles. The van der Waals surface area contributed by atoms with Gasteiger partial charge in [0.2, 0.25) is 11.8 Å². The van der Waals surface area contributed by atoms with Crippen LogP contribution in [-0.2, 0) is 16.2 Å². The van der Waals surface area contributed by atoms with Crippen LogP contribution in [0.4, 0.5) is 17.1 Å². The Hall–Kier alpha value is -3.80. The molecular weight excluding hydrogens is 378 g/mol.